The van der Waals surface area contributed by atoms with Crippen molar-refractivity contribution in [3.05, 3.63) is 108 Å². The molecule has 0 radical (unpaired) electrons. The zero-order chi connectivity index (χ0) is 20.9. The van der Waals surface area contributed by atoms with Gasteiger partial charge in [0.25, 0.3) is 11.8 Å². The van der Waals surface area contributed by atoms with Gasteiger partial charge in [0.05, 0.1) is 23.1 Å². The average molecular weight is 396 g/mol. The number of carbonyl (C=O) groups excluding carboxylic acids is 2. The third-order valence-electron chi connectivity index (χ3n) is 4.71. The molecule has 0 aliphatic heterocycles. The Hall–Kier alpha value is -4.19. The number of benzene rings is 3. The SMILES string of the molecule is CN(C(=O)c1ccccc1NC(=O)c1ccccc1)c1ccnn1-c1ccccc1. The van der Waals surface area contributed by atoms with Gasteiger partial charge in [0, 0.05) is 18.7 Å². The molecule has 6 heteroatoms. The van der Waals surface area contributed by atoms with Crippen molar-refractivity contribution in [3.8, 4) is 5.69 Å². The summed E-state index contributed by atoms with van der Waals surface area (Å²) in [6.45, 7) is 0. The van der Waals surface area contributed by atoms with Crippen LogP contribution in [0.3, 0.4) is 0 Å². The van der Waals surface area contributed by atoms with E-state index in [9.17, 15) is 9.59 Å². The minimum absolute atomic E-state index is 0.253. The summed E-state index contributed by atoms with van der Waals surface area (Å²) in [6.07, 6.45) is 1.65. The van der Waals surface area contributed by atoms with Crippen molar-refractivity contribution in [1.82, 2.24) is 9.78 Å². The lowest BCUT2D eigenvalue weighted by molar-refractivity contribution is 0.0992. The summed E-state index contributed by atoms with van der Waals surface area (Å²) < 4.78 is 1.70. The summed E-state index contributed by atoms with van der Waals surface area (Å²) in [6, 6.07) is 27.2. The van der Waals surface area contributed by atoms with Gasteiger partial charge < -0.3 is 5.32 Å². The molecular weight excluding hydrogens is 376 g/mol. The third-order valence-corrected chi connectivity index (χ3v) is 4.71. The Morgan fingerprint density at radius 3 is 2.20 bits per heavy atom. The van der Waals surface area contributed by atoms with Crippen molar-refractivity contribution < 1.29 is 9.59 Å². The highest BCUT2D eigenvalue weighted by Crippen LogP contribution is 2.23. The van der Waals surface area contributed by atoms with Gasteiger partial charge in [0.15, 0.2) is 0 Å². The van der Waals surface area contributed by atoms with Crippen molar-refractivity contribution in [2.75, 3.05) is 17.3 Å². The molecule has 1 heterocycles. The zero-order valence-electron chi connectivity index (χ0n) is 16.4. The summed E-state index contributed by atoms with van der Waals surface area (Å²) in [5, 5.41) is 7.19. The topological polar surface area (TPSA) is 67.2 Å². The van der Waals surface area contributed by atoms with Gasteiger partial charge in [0.2, 0.25) is 0 Å². The number of hydrogen-bond acceptors (Lipinski definition) is 3. The predicted molar refractivity (Wildman–Crippen MR) is 117 cm³/mol. The van der Waals surface area contributed by atoms with E-state index in [1.54, 1.807) is 72.5 Å². The molecule has 30 heavy (non-hydrogen) atoms. The molecule has 1 aromatic heterocycles. The average Bonchev–Trinajstić information content (AvgIpc) is 3.29. The Morgan fingerprint density at radius 2 is 1.47 bits per heavy atom. The van der Waals surface area contributed by atoms with Crippen LogP contribution in [0.2, 0.25) is 0 Å². The maximum atomic E-state index is 13.3. The van der Waals surface area contributed by atoms with Crippen molar-refractivity contribution in [3.63, 3.8) is 0 Å². The van der Waals surface area contributed by atoms with Crippen LogP contribution in [0.25, 0.3) is 5.69 Å². The number of para-hydroxylation sites is 2. The molecule has 2 amide bonds. The largest absolute Gasteiger partial charge is 0.321 e. The van der Waals surface area contributed by atoms with Crippen LogP contribution in [0.15, 0.2) is 97.2 Å². The number of carbonyl (C=O) groups is 2. The van der Waals surface area contributed by atoms with Crippen molar-refractivity contribution in [2.24, 2.45) is 0 Å². The number of aromatic nitrogens is 2. The van der Waals surface area contributed by atoms with Gasteiger partial charge in [-0.15, -0.1) is 0 Å². The standard InChI is InChI=1S/C24H20N4O2/c1-27(22-16-17-25-28(22)19-12-6-3-7-13-19)24(30)20-14-8-9-15-21(20)26-23(29)18-10-4-2-5-11-18/h2-17H,1H3,(H,26,29). The Kier molecular flexibility index (Phi) is 5.39. The van der Waals surface area contributed by atoms with Crippen LogP contribution in [0.1, 0.15) is 20.7 Å². The maximum Gasteiger partial charge on any atom is 0.261 e. The van der Waals surface area contributed by atoms with Crippen LogP contribution < -0.4 is 10.2 Å². The predicted octanol–water partition coefficient (Wildman–Crippen LogP) is 4.40. The first-order valence-corrected chi connectivity index (χ1v) is 9.48. The summed E-state index contributed by atoms with van der Waals surface area (Å²) in [5.41, 5.74) is 2.22. The minimum Gasteiger partial charge on any atom is -0.321 e. The minimum atomic E-state index is -0.271. The second kappa shape index (κ2) is 8.45. The van der Waals surface area contributed by atoms with Gasteiger partial charge in [0.1, 0.15) is 5.82 Å². The molecule has 4 aromatic rings. The van der Waals surface area contributed by atoms with E-state index < -0.39 is 0 Å². The molecule has 0 saturated heterocycles. The lowest BCUT2D eigenvalue weighted by Gasteiger charge is -2.20. The van der Waals surface area contributed by atoms with E-state index in [2.05, 4.69) is 10.4 Å². The lowest BCUT2D eigenvalue weighted by Crippen LogP contribution is -2.29. The number of nitrogens with zero attached hydrogens (tertiary/aromatic N) is 3. The lowest BCUT2D eigenvalue weighted by atomic mass is 10.1. The second-order valence-electron chi connectivity index (χ2n) is 6.67. The molecule has 3 aromatic carbocycles. The number of nitrogens with one attached hydrogen (secondary N) is 1. The van der Waals surface area contributed by atoms with Crippen LogP contribution in [-0.4, -0.2) is 28.6 Å². The number of anilines is 2. The van der Waals surface area contributed by atoms with Crippen molar-refractivity contribution in [2.45, 2.75) is 0 Å². The summed E-state index contributed by atoms with van der Waals surface area (Å²) in [5.74, 6) is 0.0971. The van der Waals surface area contributed by atoms with Crippen LogP contribution in [-0.2, 0) is 0 Å². The van der Waals surface area contributed by atoms with Gasteiger partial charge in [-0.1, -0.05) is 48.5 Å². The molecule has 4 rings (SSSR count). The van der Waals surface area contributed by atoms with Gasteiger partial charge >= 0.3 is 0 Å². The summed E-state index contributed by atoms with van der Waals surface area (Å²) in [7, 11) is 1.69. The van der Waals surface area contributed by atoms with E-state index in [0.29, 0.717) is 22.6 Å². The van der Waals surface area contributed by atoms with Crippen LogP contribution in [0, 0.1) is 0 Å². The number of rotatable bonds is 5. The fourth-order valence-electron chi connectivity index (χ4n) is 3.17. The van der Waals surface area contributed by atoms with Gasteiger partial charge in [-0.05, 0) is 36.4 Å². The fraction of sp³-hybridized carbons (Fsp3) is 0.0417. The third kappa shape index (κ3) is 3.84. The fourth-order valence-corrected chi connectivity index (χ4v) is 3.17. The molecule has 0 atom stereocenters. The van der Waals surface area contributed by atoms with Gasteiger partial charge in [-0.3, -0.25) is 14.5 Å². The van der Waals surface area contributed by atoms with E-state index in [4.69, 9.17) is 0 Å². The Morgan fingerprint density at radius 1 is 0.833 bits per heavy atom. The molecule has 0 fully saturated rings. The molecule has 0 aliphatic carbocycles. The molecule has 0 saturated carbocycles. The smallest absolute Gasteiger partial charge is 0.261 e. The van der Waals surface area contributed by atoms with Gasteiger partial charge in [-0.25, -0.2) is 4.68 Å². The Balaban J connectivity index is 1.62. The molecule has 6 nitrogen and oxygen atoms in total. The first-order valence-electron chi connectivity index (χ1n) is 9.48. The molecule has 0 spiro atoms. The quantitative estimate of drug-likeness (QED) is 0.544. The van der Waals surface area contributed by atoms with E-state index in [0.717, 1.165) is 5.69 Å². The van der Waals surface area contributed by atoms with E-state index in [-0.39, 0.29) is 11.8 Å². The highest BCUT2D eigenvalue weighted by molar-refractivity contribution is 6.13. The number of amides is 2. The molecule has 1 N–H and O–H groups in total. The van der Waals surface area contributed by atoms with Gasteiger partial charge in [-0.2, -0.15) is 5.10 Å². The van der Waals surface area contributed by atoms with Crippen LogP contribution >= 0.6 is 0 Å². The maximum absolute atomic E-state index is 13.3. The van der Waals surface area contributed by atoms with Crippen LogP contribution in [0.4, 0.5) is 11.5 Å². The highest BCUT2D eigenvalue weighted by Gasteiger charge is 2.21. The van der Waals surface area contributed by atoms with Crippen molar-refractivity contribution in [1.29, 1.82) is 0 Å². The zero-order valence-corrected chi connectivity index (χ0v) is 16.4. The van der Waals surface area contributed by atoms with E-state index in [1.807, 2.05) is 36.4 Å². The first kappa shape index (κ1) is 19.1. The van der Waals surface area contributed by atoms with E-state index >= 15 is 0 Å². The molecule has 0 unspecified atom stereocenters. The monoisotopic (exact) mass is 396 g/mol. The molecule has 0 aliphatic rings. The van der Waals surface area contributed by atoms with Crippen molar-refractivity contribution >= 4 is 23.3 Å². The van der Waals surface area contributed by atoms with Crippen LogP contribution in [0.5, 0.6) is 0 Å². The molecule has 148 valence electrons. The highest BCUT2D eigenvalue weighted by atomic mass is 16.2. The number of hydrogen-bond donors (Lipinski definition) is 1. The summed E-state index contributed by atoms with van der Waals surface area (Å²) in [4.78, 5) is 27.4. The van der Waals surface area contributed by atoms with E-state index in [1.165, 1.54) is 4.90 Å². The summed E-state index contributed by atoms with van der Waals surface area (Å²) >= 11 is 0. The Bertz CT molecular complexity index is 1170. The Labute approximate surface area is 174 Å². The first-order chi connectivity index (χ1) is 14.6. The molecule has 0 bridgehead atoms. The molecular formula is C24H20N4O2. The second-order valence-corrected chi connectivity index (χ2v) is 6.67. The normalized spacial score (nSPS) is 10.4.